The molecule has 6 nitrogen and oxygen atoms in total. The molecule has 3 rings (SSSR count). The van der Waals surface area contributed by atoms with Gasteiger partial charge in [0, 0.05) is 12.1 Å². The summed E-state index contributed by atoms with van der Waals surface area (Å²) in [7, 11) is 0. The largest absolute Gasteiger partial charge is 0.507 e. The molecule has 6 heteroatoms. The number of hydrogen-bond acceptors (Lipinski definition) is 5. The zero-order chi connectivity index (χ0) is 13.9. The average Bonchev–Trinajstić information content (AvgIpc) is 2.95. The molecule has 0 aliphatic rings. The van der Waals surface area contributed by atoms with Crippen molar-refractivity contribution in [3.8, 4) is 5.75 Å². The van der Waals surface area contributed by atoms with Gasteiger partial charge in [-0.25, -0.2) is 15.0 Å². The molecule has 0 atom stereocenters. The van der Waals surface area contributed by atoms with Crippen LogP contribution in [0.4, 0.5) is 5.82 Å². The molecule has 0 spiro atoms. The molecule has 0 aliphatic heterocycles. The zero-order valence-electron chi connectivity index (χ0n) is 11.1. The molecule has 20 heavy (non-hydrogen) atoms. The molecule has 0 fully saturated rings. The molecule has 102 valence electrons. The van der Waals surface area contributed by atoms with Gasteiger partial charge in [-0.1, -0.05) is 25.1 Å². The van der Waals surface area contributed by atoms with Crippen molar-refractivity contribution in [3.63, 3.8) is 0 Å². The van der Waals surface area contributed by atoms with Crippen LogP contribution in [-0.2, 0) is 13.0 Å². The van der Waals surface area contributed by atoms with Gasteiger partial charge >= 0.3 is 0 Å². The van der Waals surface area contributed by atoms with Gasteiger partial charge in [0.15, 0.2) is 11.5 Å². The van der Waals surface area contributed by atoms with Crippen molar-refractivity contribution in [2.45, 2.75) is 19.9 Å². The predicted molar refractivity (Wildman–Crippen MR) is 76.5 cm³/mol. The first-order valence-electron chi connectivity index (χ1n) is 6.47. The number of aromatic hydroxyl groups is 1. The van der Waals surface area contributed by atoms with Gasteiger partial charge in [-0.15, -0.1) is 0 Å². The lowest BCUT2D eigenvalue weighted by Crippen LogP contribution is -2.03. The number of nitrogens with zero attached hydrogens (tertiary/aromatic N) is 3. The van der Waals surface area contributed by atoms with Gasteiger partial charge < -0.3 is 15.4 Å². The second kappa shape index (κ2) is 5.16. The highest BCUT2D eigenvalue weighted by Gasteiger charge is 2.08. The van der Waals surface area contributed by atoms with E-state index in [-0.39, 0.29) is 0 Å². The second-order valence-electron chi connectivity index (χ2n) is 4.45. The Morgan fingerprint density at radius 2 is 2.05 bits per heavy atom. The number of aromatic nitrogens is 4. The van der Waals surface area contributed by atoms with Gasteiger partial charge in [0.25, 0.3) is 0 Å². The van der Waals surface area contributed by atoms with Gasteiger partial charge in [0.05, 0.1) is 6.33 Å². The zero-order valence-corrected chi connectivity index (χ0v) is 11.1. The number of para-hydroxylation sites is 1. The Morgan fingerprint density at radius 3 is 2.90 bits per heavy atom. The Kier molecular flexibility index (Phi) is 3.20. The summed E-state index contributed by atoms with van der Waals surface area (Å²) in [4.78, 5) is 15.4. The molecule has 0 amide bonds. The number of aryl methyl sites for hydroxylation is 1. The summed E-state index contributed by atoms with van der Waals surface area (Å²) in [6.07, 6.45) is 3.86. The number of fused-ring (bicyclic) bond motifs is 1. The standard InChI is InChI=1S/C14H15N5O/c1-2-9-4-3-5-10(12(9)20)6-15-13-11-14(17-7-16-11)19-8-18-13/h3-5,7-8,20H,2,6H2,1H3,(H2,15,16,17,18,19). The molecule has 3 N–H and O–H groups in total. The number of phenolic OH excluding ortho intramolecular Hbond substituents is 1. The highest BCUT2D eigenvalue weighted by molar-refractivity contribution is 5.81. The fourth-order valence-electron chi connectivity index (χ4n) is 2.15. The summed E-state index contributed by atoms with van der Waals surface area (Å²) in [6, 6.07) is 5.76. The Hall–Kier alpha value is -2.63. The number of benzene rings is 1. The first kappa shape index (κ1) is 12.4. The van der Waals surface area contributed by atoms with Crippen molar-refractivity contribution in [2.75, 3.05) is 5.32 Å². The van der Waals surface area contributed by atoms with Crippen LogP contribution < -0.4 is 5.32 Å². The van der Waals surface area contributed by atoms with Gasteiger partial charge in [0.2, 0.25) is 0 Å². The number of anilines is 1. The summed E-state index contributed by atoms with van der Waals surface area (Å²) >= 11 is 0. The molecule has 0 radical (unpaired) electrons. The molecular formula is C14H15N5O. The molecular weight excluding hydrogens is 254 g/mol. The van der Waals surface area contributed by atoms with E-state index < -0.39 is 0 Å². The molecule has 0 aliphatic carbocycles. The van der Waals surface area contributed by atoms with E-state index in [1.807, 2.05) is 25.1 Å². The Morgan fingerprint density at radius 1 is 1.20 bits per heavy atom. The van der Waals surface area contributed by atoms with Crippen molar-refractivity contribution in [2.24, 2.45) is 0 Å². The van der Waals surface area contributed by atoms with E-state index in [1.165, 1.54) is 6.33 Å². The third kappa shape index (κ3) is 2.16. The van der Waals surface area contributed by atoms with E-state index in [2.05, 4.69) is 25.3 Å². The van der Waals surface area contributed by atoms with Crippen molar-refractivity contribution in [1.29, 1.82) is 0 Å². The van der Waals surface area contributed by atoms with Crippen molar-refractivity contribution in [3.05, 3.63) is 42.0 Å². The quantitative estimate of drug-likeness (QED) is 0.676. The summed E-state index contributed by atoms with van der Waals surface area (Å²) in [5.74, 6) is 0.993. The van der Waals surface area contributed by atoms with Gasteiger partial charge in [0.1, 0.15) is 17.6 Å². The lowest BCUT2D eigenvalue weighted by Gasteiger charge is -2.10. The van der Waals surface area contributed by atoms with E-state index in [4.69, 9.17) is 0 Å². The lowest BCUT2D eigenvalue weighted by molar-refractivity contribution is 0.462. The van der Waals surface area contributed by atoms with E-state index >= 15 is 0 Å². The van der Waals surface area contributed by atoms with Gasteiger partial charge in [-0.05, 0) is 12.0 Å². The fraction of sp³-hybridized carbons (Fsp3) is 0.214. The van der Waals surface area contributed by atoms with Crippen molar-refractivity contribution < 1.29 is 5.11 Å². The highest BCUT2D eigenvalue weighted by Crippen LogP contribution is 2.24. The average molecular weight is 269 g/mol. The number of rotatable bonds is 4. The van der Waals surface area contributed by atoms with Crippen LogP contribution in [0.3, 0.4) is 0 Å². The summed E-state index contributed by atoms with van der Waals surface area (Å²) < 4.78 is 0. The van der Waals surface area contributed by atoms with Crippen LogP contribution in [0.25, 0.3) is 11.2 Å². The molecule has 0 unspecified atom stereocenters. The maximum absolute atomic E-state index is 10.1. The first-order valence-corrected chi connectivity index (χ1v) is 6.47. The van der Waals surface area contributed by atoms with Crippen LogP contribution >= 0.6 is 0 Å². The van der Waals surface area contributed by atoms with Crippen LogP contribution in [-0.4, -0.2) is 25.0 Å². The van der Waals surface area contributed by atoms with E-state index in [0.29, 0.717) is 29.3 Å². The summed E-state index contributed by atoms with van der Waals surface area (Å²) in [6.45, 7) is 2.50. The predicted octanol–water partition coefficient (Wildman–Crippen LogP) is 2.23. The minimum Gasteiger partial charge on any atom is -0.507 e. The van der Waals surface area contributed by atoms with Gasteiger partial charge in [-0.2, -0.15) is 0 Å². The molecule has 0 bridgehead atoms. The highest BCUT2D eigenvalue weighted by atomic mass is 16.3. The summed E-state index contributed by atoms with van der Waals surface area (Å²) in [5, 5.41) is 13.3. The third-order valence-electron chi connectivity index (χ3n) is 3.25. The Labute approximate surface area is 115 Å². The van der Waals surface area contributed by atoms with Crippen LogP contribution in [0.1, 0.15) is 18.1 Å². The third-order valence-corrected chi connectivity index (χ3v) is 3.25. The minimum absolute atomic E-state index is 0.342. The number of aromatic amines is 1. The topological polar surface area (TPSA) is 86.7 Å². The molecule has 1 aromatic carbocycles. The number of phenols is 1. The normalized spacial score (nSPS) is 10.8. The number of imidazole rings is 1. The van der Waals surface area contributed by atoms with E-state index in [1.54, 1.807) is 6.33 Å². The Bertz CT molecular complexity index is 737. The summed E-state index contributed by atoms with van der Waals surface area (Å²) in [5.41, 5.74) is 3.16. The minimum atomic E-state index is 0.342. The fourth-order valence-corrected chi connectivity index (χ4v) is 2.15. The lowest BCUT2D eigenvalue weighted by atomic mass is 10.1. The van der Waals surface area contributed by atoms with E-state index in [9.17, 15) is 5.11 Å². The van der Waals surface area contributed by atoms with Crippen LogP contribution in [0.5, 0.6) is 5.75 Å². The van der Waals surface area contributed by atoms with Crippen LogP contribution in [0.2, 0.25) is 0 Å². The molecule has 2 heterocycles. The molecule has 3 aromatic rings. The number of H-pyrrole nitrogens is 1. The van der Waals surface area contributed by atoms with Crippen LogP contribution in [0, 0.1) is 0 Å². The maximum Gasteiger partial charge on any atom is 0.162 e. The monoisotopic (exact) mass is 269 g/mol. The van der Waals surface area contributed by atoms with Gasteiger partial charge in [-0.3, -0.25) is 0 Å². The maximum atomic E-state index is 10.1. The molecule has 0 saturated heterocycles. The smallest absolute Gasteiger partial charge is 0.162 e. The van der Waals surface area contributed by atoms with E-state index in [0.717, 1.165) is 17.5 Å². The molecule has 2 aromatic heterocycles. The van der Waals surface area contributed by atoms with Crippen LogP contribution in [0.15, 0.2) is 30.9 Å². The SMILES string of the molecule is CCc1cccc(CNc2ncnc3[nH]cnc23)c1O. The van der Waals surface area contributed by atoms with Crippen molar-refractivity contribution in [1.82, 2.24) is 19.9 Å². The number of hydrogen-bond donors (Lipinski definition) is 3. The Balaban J connectivity index is 1.85. The van der Waals surface area contributed by atoms with Crippen molar-refractivity contribution >= 4 is 17.0 Å². The first-order chi connectivity index (χ1) is 9.79. The number of nitrogens with one attached hydrogen (secondary N) is 2. The molecule has 0 saturated carbocycles. The second-order valence-corrected chi connectivity index (χ2v) is 4.45.